The highest BCUT2D eigenvalue weighted by molar-refractivity contribution is 5.85. The first-order valence-electron chi connectivity index (χ1n) is 6.90. The zero-order valence-corrected chi connectivity index (χ0v) is 11.8. The van der Waals surface area contributed by atoms with E-state index in [1.165, 1.54) is 25.0 Å². The fourth-order valence-electron chi connectivity index (χ4n) is 1.79. The van der Waals surface area contributed by atoms with Gasteiger partial charge >= 0.3 is 5.97 Å². The van der Waals surface area contributed by atoms with Crippen LogP contribution >= 0.6 is 0 Å². The van der Waals surface area contributed by atoms with Crippen molar-refractivity contribution in [2.75, 3.05) is 6.61 Å². The average molecular weight is 280 g/mol. The highest BCUT2D eigenvalue weighted by Crippen LogP contribution is 2.13. The number of hydrogen-bond acceptors (Lipinski definition) is 2. The van der Waals surface area contributed by atoms with Gasteiger partial charge in [-0.2, -0.15) is 0 Å². The molecule has 0 fully saturated rings. The molecule has 0 amide bonds. The van der Waals surface area contributed by atoms with Crippen LogP contribution in [0.1, 0.15) is 43.7 Å². The van der Waals surface area contributed by atoms with E-state index in [2.05, 4.69) is 6.92 Å². The molecular formula is C16H21FO3. The number of hydrogen-bond donors (Lipinski definition) is 1. The zero-order chi connectivity index (χ0) is 14.8. The van der Waals surface area contributed by atoms with Crippen LogP contribution in [0.4, 0.5) is 4.39 Å². The van der Waals surface area contributed by atoms with Crippen molar-refractivity contribution in [1.82, 2.24) is 0 Å². The van der Waals surface area contributed by atoms with Crippen molar-refractivity contribution in [2.45, 2.75) is 39.2 Å². The minimum atomic E-state index is -1.10. The van der Waals surface area contributed by atoms with E-state index in [0.29, 0.717) is 13.2 Å². The van der Waals surface area contributed by atoms with Gasteiger partial charge in [-0.15, -0.1) is 0 Å². The van der Waals surface area contributed by atoms with E-state index in [-0.39, 0.29) is 5.56 Å². The third-order valence-corrected chi connectivity index (χ3v) is 2.88. The Bertz CT molecular complexity index is 455. The summed E-state index contributed by atoms with van der Waals surface area (Å²) in [6, 6.07) is 4.59. The maximum atomic E-state index is 13.5. The van der Waals surface area contributed by atoms with Crippen LogP contribution in [0.15, 0.2) is 24.3 Å². The van der Waals surface area contributed by atoms with Gasteiger partial charge in [0.2, 0.25) is 0 Å². The lowest BCUT2D eigenvalue weighted by Crippen LogP contribution is -1.97. The fraction of sp³-hybridized carbons (Fsp3) is 0.438. The number of carbonyl (C=O) groups is 1. The quantitative estimate of drug-likeness (QED) is 0.549. The maximum absolute atomic E-state index is 13.5. The predicted molar refractivity (Wildman–Crippen MR) is 76.9 cm³/mol. The van der Waals surface area contributed by atoms with Gasteiger partial charge in [-0.1, -0.05) is 32.3 Å². The largest absolute Gasteiger partial charge is 0.478 e. The maximum Gasteiger partial charge on any atom is 0.328 e. The molecule has 1 aromatic rings. The van der Waals surface area contributed by atoms with Crippen molar-refractivity contribution in [1.29, 1.82) is 0 Å². The summed E-state index contributed by atoms with van der Waals surface area (Å²) in [6.07, 6.45) is 6.77. The van der Waals surface area contributed by atoms with E-state index in [1.807, 2.05) is 0 Å². The average Bonchev–Trinajstić information content (AvgIpc) is 2.42. The first-order chi connectivity index (χ1) is 9.63. The van der Waals surface area contributed by atoms with Crippen molar-refractivity contribution in [3.8, 4) is 0 Å². The lowest BCUT2D eigenvalue weighted by Gasteiger charge is -2.06. The van der Waals surface area contributed by atoms with E-state index >= 15 is 0 Å². The highest BCUT2D eigenvalue weighted by atomic mass is 19.1. The van der Waals surface area contributed by atoms with Gasteiger partial charge in [-0.25, -0.2) is 9.18 Å². The molecule has 4 heteroatoms. The van der Waals surface area contributed by atoms with Crippen LogP contribution in [0.5, 0.6) is 0 Å². The zero-order valence-electron chi connectivity index (χ0n) is 11.8. The molecule has 0 aliphatic heterocycles. The molecule has 0 aliphatic carbocycles. The Balaban J connectivity index is 2.46. The summed E-state index contributed by atoms with van der Waals surface area (Å²) >= 11 is 0. The van der Waals surface area contributed by atoms with Crippen LogP contribution in [0, 0.1) is 5.82 Å². The smallest absolute Gasteiger partial charge is 0.328 e. The molecule has 1 rings (SSSR count). The third-order valence-electron chi connectivity index (χ3n) is 2.88. The van der Waals surface area contributed by atoms with Crippen molar-refractivity contribution in [3.05, 3.63) is 41.2 Å². The Morgan fingerprint density at radius 1 is 1.35 bits per heavy atom. The number of rotatable bonds is 9. The first kappa shape index (κ1) is 16.4. The van der Waals surface area contributed by atoms with Gasteiger partial charge < -0.3 is 9.84 Å². The van der Waals surface area contributed by atoms with E-state index in [4.69, 9.17) is 9.84 Å². The van der Waals surface area contributed by atoms with Crippen LogP contribution in [0.3, 0.4) is 0 Å². The normalized spacial score (nSPS) is 11.1. The summed E-state index contributed by atoms with van der Waals surface area (Å²) < 4.78 is 19.0. The van der Waals surface area contributed by atoms with Gasteiger partial charge in [-0.05, 0) is 30.2 Å². The lowest BCUT2D eigenvalue weighted by atomic mass is 10.1. The highest BCUT2D eigenvalue weighted by Gasteiger charge is 2.02. The van der Waals surface area contributed by atoms with Gasteiger partial charge in [0.05, 0.1) is 6.61 Å². The van der Waals surface area contributed by atoms with Crippen LogP contribution < -0.4 is 0 Å². The Hall–Kier alpha value is -1.68. The number of unbranched alkanes of at least 4 members (excludes halogenated alkanes) is 3. The van der Waals surface area contributed by atoms with E-state index < -0.39 is 11.8 Å². The van der Waals surface area contributed by atoms with Gasteiger partial charge in [0, 0.05) is 18.2 Å². The molecule has 0 radical (unpaired) electrons. The second-order valence-corrected chi connectivity index (χ2v) is 4.64. The molecule has 0 atom stereocenters. The SMILES string of the molecule is CCCCCCOCc1ccc(F)c(C=CC(=O)O)c1. The van der Waals surface area contributed by atoms with Crippen molar-refractivity contribution in [2.24, 2.45) is 0 Å². The van der Waals surface area contributed by atoms with Crippen LogP contribution in [0.2, 0.25) is 0 Å². The minimum absolute atomic E-state index is 0.263. The van der Waals surface area contributed by atoms with Crippen molar-refractivity contribution >= 4 is 12.0 Å². The summed E-state index contributed by atoms with van der Waals surface area (Å²) in [7, 11) is 0. The molecule has 0 bridgehead atoms. The molecule has 1 aromatic carbocycles. The van der Waals surface area contributed by atoms with E-state index in [0.717, 1.165) is 24.5 Å². The molecule has 0 saturated carbocycles. The minimum Gasteiger partial charge on any atom is -0.478 e. The number of carboxylic acid groups (broad SMARTS) is 1. The van der Waals surface area contributed by atoms with E-state index in [9.17, 15) is 9.18 Å². The molecule has 1 N–H and O–H groups in total. The van der Waals surface area contributed by atoms with Crippen molar-refractivity contribution in [3.63, 3.8) is 0 Å². The van der Waals surface area contributed by atoms with Gasteiger partial charge in [0.15, 0.2) is 0 Å². The topological polar surface area (TPSA) is 46.5 Å². The molecule has 110 valence electrons. The van der Waals surface area contributed by atoms with Gasteiger partial charge in [0.1, 0.15) is 5.82 Å². The molecule has 3 nitrogen and oxygen atoms in total. The monoisotopic (exact) mass is 280 g/mol. The van der Waals surface area contributed by atoms with Crippen molar-refractivity contribution < 1.29 is 19.0 Å². The molecular weight excluding hydrogens is 259 g/mol. The standard InChI is InChI=1S/C16H21FO3/c1-2-3-4-5-10-20-12-13-6-8-15(17)14(11-13)7-9-16(18)19/h6-9,11H,2-5,10,12H2,1H3,(H,18,19). The summed E-state index contributed by atoms with van der Waals surface area (Å²) in [4.78, 5) is 10.4. The van der Waals surface area contributed by atoms with Crippen LogP contribution in [-0.2, 0) is 16.1 Å². The number of halogens is 1. The third kappa shape index (κ3) is 6.48. The second-order valence-electron chi connectivity index (χ2n) is 4.64. The Kier molecular flexibility index (Phi) is 7.58. The van der Waals surface area contributed by atoms with Crippen LogP contribution in [-0.4, -0.2) is 17.7 Å². The molecule has 20 heavy (non-hydrogen) atoms. The fourth-order valence-corrected chi connectivity index (χ4v) is 1.79. The van der Waals surface area contributed by atoms with E-state index in [1.54, 1.807) is 12.1 Å². The number of carboxylic acids is 1. The first-order valence-corrected chi connectivity index (χ1v) is 6.90. The molecule has 0 heterocycles. The van der Waals surface area contributed by atoms with Gasteiger partial charge in [-0.3, -0.25) is 0 Å². The predicted octanol–water partition coefficient (Wildman–Crippen LogP) is 4.02. The lowest BCUT2D eigenvalue weighted by molar-refractivity contribution is -0.131. The molecule has 0 spiro atoms. The van der Waals surface area contributed by atoms with Gasteiger partial charge in [0.25, 0.3) is 0 Å². The Morgan fingerprint density at radius 3 is 2.85 bits per heavy atom. The number of benzene rings is 1. The number of ether oxygens (including phenoxy) is 1. The Morgan fingerprint density at radius 2 is 2.15 bits per heavy atom. The molecule has 0 unspecified atom stereocenters. The molecule has 0 saturated heterocycles. The summed E-state index contributed by atoms with van der Waals surface area (Å²) in [5, 5.41) is 8.55. The second kappa shape index (κ2) is 9.26. The summed E-state index contributed by atoms with van der Waals surface area (Å²) in [5.41, 5.74) is 1.10. The summed E-state index contributed by atoms with van der Waals surface area (Å²) in [5.74, 6) is -1.53. The Labute approximate surface area is 119 Å². The molecule has 0 aliphatic rings. The number of aliphatic carboxylic acids is 1. The summed E-state index contributed by atoms with van der Waals surface area (Å²) in [6.45, 7) is 3.27. The molecule has 0 aromatic heterocycles. The van der Waals surface area contributed by atoms with Crippen LogP contribution in [0.25, 0.3) is 6.08 Å².